The Morgan fingerprint density at radius 2 is 2.00 bits per heavy atom. The van der Waals surface area contributed by atoms with E-state index in [1.54, 1.807) is 0 Å². The van der Waals surface area contributed by atoms with Crippen molar-refractivity contribution in [1.82, 2.24) is 0 Å². The van der Waals surface area contributed by atoms with E-state index in [1.807, 2.05) is 26.8 Å². The highest BCUT2D eigenvalue weighted by Crippen LogP contribution is 2.35. The minimum Gasteiger partial charge on any atom is -0.492 e. The van der Waals surface area contributed by atoms with Crippen LogP contribution in [0.15, 0.2) is 6.07 Å². The van der Waals surface area contributed by atoms with Gasteiger partial charge in [0.05, 0.1) is 12.3 Å². The molecule has 0 aliphatic heterocycles. The Kier molecular flexibility index (Phi) is 4.28. The first kappa shape index (κ1) is 12.2. The van der Waals surface area contributed by atoms with Crippen LogP contribution in [0.1, 0.15) is 25.0 Å². The molecule has 0 radical (unpaired) electrons. The lowest BCUT2D eigenvalue weighted by molar-refractivity contribution is 0.341. The Labute approximate surface area is 96.6 Å². The lowest BCUT2D eigenvalue weighted by Crippen LogP contribution is -2.04. The summed E-state index contributed by atoms with van der Waals surface area (Å²) in [5.74, 6) is 0.888. The second-order valence-corrected chi connectivity index (χ2v) is 3.85. The third-order valence-electron chi connectivity index (χ3n) is 2.30. The summed E-state index contributed by atoms with van der Waals surface area (Å²) in [6, 6.07) is 1.98. The molecular formula is C12H18ClNO. The highest BCUT2D eigenvalue weighted by atomic mass is 35.5. The van der Waals surface area contributed by atoms with Gasteiger partial charge in [-0.05, 0) is 44.9 Å². The van der Waals surface area contributed by atoms with E-state index in [0.29, 0.717) is 6.61 Å². The van der Waals surface area contributed by atoms with Crippen LogP contribution in [0.3, 0.4) is 0 Å². The number of hydrogen-bond donors (Lipinski definition) is 1. The average Bonchev–Trinajstić information content (AvgIpc) is 2.21. The fourth-order valence-electron chi connectivity index (χ4n) is 1.59. The number of benzene rings is 1. The molecule has 3 heteroatoms. The van der Waals surface area contributed by atoms with Gasteiger partial charge in [-0.2, -0.15) is 0 Å². The summed E-state index contributed by atoms with van der Waals surface area (Å²) >= 11 is 6.20. The molecule has 15 heavy (non-hydrogen) atoms. The summed E-state index contributed by atoms with van der Waals surface area (Å²) in [7, 11) is 0. The largest absolute Gasteiger partial charge is 0.492 e. The molecule has 84 valence electrons. The zero-order chi connectivity index (χ0) is 11.4. The van der Waals surface area contributed by atoms with E-state index in [9.17, 15) is 0 Å². The van der Waals surface area contributed by atoms with Crippen LogP contribution in [0.25, 0.3) is 0 Å². The van der Waals surface area contributed by atoms with Crippen molar-refractivity contribution in [3.05, 3.63) is 22.2 Å². The van der Waals surface area contributed by atoms with Crippen LogP contribution in [0, 0.1) is 13.8 Å². The van der Waals surface area contributed by atoms with Gasteiger partial charge in [0, 0.05) is 11.6 Å². The second-order valence-electron chi connectivity index (χ2n) is 3.47. The summed E-state index contributed by atoms with van der Waals surface area (Å²) in [5.41, 5.74) is 3.12. The van der Waals surface area contributed by atoms with Gasteiger partial charge in [-0.1, -0.05) is 11.6 Å². The molecule has 0 aliphatic carbocycles. The second kappa shape index (κ2) is 5.26. The summed E-state index contributed by atoms with van der Waals surface area (Å²) in [4.78, 5) is 0. The van der Waals surface area contributed by atoms with Crippen molar-refractivity contribution in [2.24, 2.45) is 0 Å². The Morgan fingerprint density at radius 3 is 2.53 bits per heavy atom. The van der Waals surface area contributed by atoms with Crippen LogP contribution >= 0.6 is 11.6 Å². The first-order valence-corrected chi connectivity index (χ1v) is 5.65. The van der Waals surface area contributed by atoms with E-state index in [1.165, 1.54) is 0 Å². The van der Waals surface area contributed by atoms with Crippen molar-refractivity contribution in [2.75, 3.05) is 18.5 Å². The van der Waals surface area contributed by atoms with Gasteiger partial charge in [0.1, 0.15) is 5.75 Å². The molecule has 0 heterocycles. The van der Waals surface area contributed by atoms with Gasteiger partial charge >= 0.3 is 0 Å². The monoisotopic (exact) mass is 227 g/mol. The molecule has 0 aliphatic rings. The summed E-state index contributed by atoms with van der Waals surface area (Å²) < 4.78 is 5.59. The third kappa shape index (κ3) is 2.57. The lowest BCUT2D eigenvalue weighted by Gasteiger charge is -2.16. The normalized spacial score (nSPS) is 10.2. The quantitative estimate of drug-likeness (QED) is 0.845. The SMILES string of the molecule is CCNc1c(OCC)cc(C)c(Cl)c1C. The third-order valence-corrected chi connectivity index (χ3v) is 2.88. The van der Waals surface area contributed by atoms with Crippen LogP contribution in [0.2, 0.25) is 5.02 Å². The van der Waals surface area contributed by atoms with Gasteiger partial charge in [0.25, 0.3) is 0 Å². The standard InChI is InChI=1S/C12H18ClNO/c1-5-14-12-9(4)11(13)8(3)7-10(12)15-6-2/h7,14H,5-6H2,1-4H3. The highest BCUT2D eigenvalue weighted by Gasteiger charge is 2.11. The molecule has 1 rings (SSSR count). The molecule has 1 N–H and O–H groups in total. The predicted molar refractivity (Wildman–Crippen MR) is 66.3 cm³/mol. The Balaban J connectivity index is 3.23. The van der Waals surface area contributed by atoms with Crippen LogP contribution in [-0.4, -0.2) is 13.2 Å². The Hall–Kier alpha value is -0.890. The van der Waals surface area contributed by atoms with Crippen LogP contribution in [-0.2, 0) is 0 Å². The average molecular weight is 228 g/mol. The molecular weight excluding hydrogens is 210 g/mol. The molecule has 0 unspecified atom stereocenters. The maximum absolute atomic E-state index is 6.20. The number of rotatable bonds is 4. The van der Waals surface area contributed by atoms with Crippen LogP contribution < -0.4 is 10.1 Å². The first-order valence-electron chi connectivity index (χ1n) is 5.28. The number of aryl methyl sites for hydroxylation is 1. The molecule has 1 aromatic carbocycles. The summed E-state index contributed by atoms with van der Waals surface area (Å²) in [6.45, 7) is 9.57. The fraction of sp³-hybridized carbons (Fsp3) is 0.500. The number of ether oxygens (including phenoxy) is 1. The van der Waals surface area contributed by atoms with Gasteiger partial charge in [-0.3, -0.25) is 0 Å². The molecule has 2 nitrogen and oxygen atoms in total. The van der Waals surface area contributed by atoms with Crippen LogP contribution in [0.5, 0.6) is 5.75 Å². The predicted octanol–water partition coefficient (Wildman–Crippen LogP) is 3.79. The molecule has 0 aromatic heterocycles. The smallest absolute Gasteiger partial charge is 0.143 e. The Morgan fingerprint density at radius 1 is 1.33 bits per heavy atom. The molecule has 0 saturated heterocycles. The molecule has 0 amide bonds. The van der Waals surface area contributed by atoms with Crippen LogP contribution in [0.4, 0.5) is 5.69 Å². The van der Waals surface area contributed by atoms with Gasteiger partial charge in [0.15, 0.2) is 0 Å². The highest BCUT2D eigenvalue weighted by molar-refractivity contribution is 6.32. The van der Waals surface area contributed by atoms with Crippen molar-refractivity contribution in [1.29, 1.82) is 0 Å². The molecule has 0 spiro atoms. The van der Waals surface area contributed by atoms with Crippen molar-refractivity contribution in [3.63, 3.8) is 0 Å². The summed E-state index contributed by atoms with van der Waals surface area (Å²) in [5, 5.41) is 4.10. The minimum atomic E-state index is 0.666. The Bertz CT molecular complexity index is 350. The summed E-state index contributed by atoms with van der Waals surface area (Å²) in [6.07, 6.45) is 0. The minimum absolute atomic E-state index is 0.666. The molecule has 1 aromatic rings. The van der Waals surface area contributed by atoms with E-state index in [2.05, 4.69) is 12.2 Å². The topological polar surface area (TPSA) is 21.3 Å². The molecule has 0 fully saturated rings. The van der Waals surface area contributed by atoms with Crippen molar-refractivity contribution >= 4 is 17.3 Å². The van der Waals surface area contributed by atoms with E-state index < -0.39 is 0 Å². The molecule has 0 atom stereocenters. The van der Waals surface area contributed by atoms with Gasteiger partial charge in [-0.15, -0.1) is 0 Å². The fourth-order valence-corrected chi connectivity index (χ4v) is 1.74. The van der Waals surface area contributed by atoms with E-state index in [0.717, 1.165) is 34.1 Å². The first-order chi connectivity index (χ1) is 7.11. The lowest BCUT2D eigenvalue weighted by atomic mass is 10.1. The number of hydrogen-bond acceptors (Lipinski definition) is 2. The zero-order valence-corrected chi connectivity index (χ0v) is 10.5. The van der Waals surface area contributed by atoms with E-state index in [-0.39, 0.29) is 0 Å². The van der Waals surface area contributed by atoms with Gasteiger partial charge in [0.2, 0.25) is 0 Å². The number of halogens is 1. The maximum atomic E-state index is 6.20. The van der Waals surface area contributed by atoms with Crippen molar-refractivity contribution in [3.8, 4) is 5.75 Å². The zero-order valence-electron chi connectivity index (χ0n) is 9.78. The van der Waals surface area contributed by atoms with E-state index in [4.69, 9.17) is 16.3 Å². The molecule has 0 saturated carbocycles. The van der Waals surface area contributed by atoms with E-state index >= 15 is 0 Å². The number of anilines is 1. The maximum Gasteiger partial charge on any atom is 0.143 e. The van der Waals surface area contributed by atoms with Gasteiger partial charge < -0.3 is 10.1 Å². The van der Waals surface area contributed by atoms with Crippen molar-refractivity contribution in [2.45, 2.75) is 27.7 Å². The van der Waals surface area contributed by atoms with Crippen molar-refractivity contribution < 1.29 is 4.74 Å². The van der Waals surface area contributed by atoms with Gasteiger partial charge in [-0.25, -0.2) is 0 Å². The number of nitrogens with one attached hydrogen (secondary N) is 1. The molecule has 0 bridgehead atoms.